The molecule has 1 aliphatic carbocycles. The smallest absolute Gasteiger partial charge is 0.137 e. The second-order valence-electron chi connectivity index (χ2n) is 25.3. The van der Waals surface area contributed by atoms with Crippen LogP contribution in [0.2, 0.25) is 0 Å². The summed E-state index contributed by atoms with van der Waals surface area (Å²) in [5.74, 6) is 1.00. The first kappa shape index (κ1) is 41.2. The lowest BCUT2D eigenvalue weighted by molar-refractivity contribution is 0.332. The highest BCUT2D eigenvalue weighted by molar-refractivity contribution is 6.09. The number of pyridine rings is 1. The second-order valence-corrected chi connectivity index (χ2v) is 25.3. The van der Waals surface area contributed by atoms with Gasteiger partial charge >= 0.3 is 0 Å². The lowest BCUT2D eigenvalue weighted by atomic mass is 9.63. The van der Waals surface area contributed by atoms with Gasteiger partial charge in [-0.1, -0.05) is 186 Å². The zero-order chi connectivity index (χ0) is 63.9. The molecule has 0 saturated heterocycles. The van der Waals surface area contributed by atoms with Crippen LogP contribution in [0, 0.1) is 5.92 Å². The van der Waals surface area contributed by atoms with E-state index < -0.39 is 12.3 Å². The van der Waals surface area contributed by atoms with Crippen molar-refractivity contribution in [1.82, 2.24) is 9.55 Å². The van der Waals surface area contributed by atoms with Crippen LogP contribution in [0.15, 0.2) is 188 Å². The Morgan fingerprint density at radius 2 is 1.23 bits per heavy atom. The summed E-state index contributed by atoms with van der Waals surface area (Å²) < 4.78 is 104. The Bertz CT molecular complexity index is 4520. The molecule has 0 fully saturated rings. The van der Waals surface area contributed by atoms with Gasteiger partial charge in [0.05, 0.1) is 39.1 Å². The van der Waals surface area contributed by atoms with Crippen molar-refractivity contribution in [1.29, 1.82) is 0 Å². The number of rotatable bonds is 10. The predicted molar refractivity (Wildman–Crippen MR) is 335 cm³/mol. The largest absolute Gasteiger partial charge is 0.457 e. The van der Waals surface area contributed by atoms with E-state index in [2.05, 4.69) is 103 Å². The molecule has 0 amide bonds. The molecule has 2 aromatic heterocycles. The second kappa shape index (κ2) is 19.5. The fraction of sp³-hybridized carbons (Fsp3) is 0.284. The SMILES string of the molecule is [2H]c1c([2H])c(-c2cc(C([2H])([2H])C(C)C)cc(-c3ccc4c(c3)C(C)(C)CCC4(C)C)c2N2CN(c3cccc(Oc4ccc5c6c([2H])c([2H])c([2H])c([2H])c6n(-c6cc(C(C)(C)C)ccn6)c5c4)c3)c3ccccc32)c([2H])c([2H])c1-c1cccc(C(C)(C)C)c1. The molecule has 12 rings (SSSR count). The molecule has 10 aromatic rings. The number of hydrogen-bond donors (Lipinski definition) is 0. The molecule has 1 aliphatic heterocycles. The molecule has 0 saturated carbocycles. The maximum atomic E-state index is 10.1. The molecule has 3 heterocycles. The Morgan fingerprint density at radius 3 is 1.96 bits per heavy atom. The monoisotopic (exact) mass is 1050 g/mol. The van der Waals surface area contributed by atoms with E-state index in [1.807, 2.05) is 117 Å². The quantitative estimate of drug-likeness (QED) is 0.137. The van der Waals surface area contributed by atoms with Crippen molar-refractivity contribution < 1.29 is 18.4 Å². The maximum Gasteiger partial charge on any atom is 0.137 e. The molecule has 0 bridgehead atoms. The van der Waals surface area contributed by atoms with Crippen molar-refractivity contribution in [2.75, 3.05) is 16.5 Å². The summed E-state index contributed by atoms with van der Waals surface area (Å²) in [6.07, 6.45) is 1.83. The third-order valence-corrected chi connectivity index (χ3v) is 16.2. The summed E-state index contributed by atoms with van der Waals surface area (Å²) in [6, 6.07) is 41.5. The number of para-hydroxylation sites is 3. The van der Waals surface area contributed by atoms with Gasteiger partial charge in [-0.05, 0) is 164 Å². The lowest BCUT2D eigenvalue weighted by Crippen LogP contribution is -2.33. The van der Waals surface area contributed by atoms with E-state index in [9.17, 15) is 9.60 Å². The summed E-state index contributed by atoms with van der Waals surface area (Å²) in [6.45, 7) is 25.7. The Labute approximate surface area is 483 Å². The summed E-state index contributed by atoms with van der Waals surface area (Å²) in [5, 5.41) is 1.01. The number of ether oxygens (including phenoxy) is 1. The zero-order valence-corrected chi connectivity index (χ0v) is 47.7. The third-order valence-electron chi connectivity index (χ3n) is 16.2. The highest BCUT2D eigenvalue weighted by Gasteiger charge is 2.38. The van der Waals surface area contributed by atoms with E-state index in [0.29, 0.717) is 67.1 Å². The average Bonchev–Trinajstić information content (AvgIpc) is 1.70. The van der Waals surface area contributed by atoms with E-state index >= 15 is 0 Å². The Balaban J connectivity index is 1.04. The van der Waals surface area contributed by atoms with Crippen LogP contribution >= 0.6 is 0 Å². The number of hydrogen-bond acceptors (Lipinski definition) is 4. The summed E-state index contributed by atoms with van der Waals surface area (Å²) in [4.78, 5) is 9.12. The molecule has 79 heavy (non-hydrogen) atoms. The normalized spacial score (nSPS) is 17.0. The Hall–Kier alpha value is -7.89. The van der Waals surface area contributed by atoms with Crippen LogP contribution in [0.5, 0.6) is 11.5 Å². The van der Waals surface area contributed by atoms with E-state index in [-0.39, 0.29) is 87.8 Å². The first-order valence-corrected chi connectivity index (χ1v) is 27.8. The first-order chi connectivity index (χ1) is 41.8. The van der Waals surface area contributed by atoms with Gasteiger partial charge < -0.3 is 14.5 Å². The van der Waals surface area contributed by atoms with Gasteiger partial charge in [0.1, 0.15) is 24.0 Å². The molecule has 0 spiro atoms. The van der Waals surface area contributed by atoms with Crippen molar-refractivity contribution in [2.24, 2.45) is 5.92 Å². The van der Waals surface area contributed by atoms with Gasteiger partial charge in [0.15, 0.2) is 0 Å². The van der Waals surface area contributed by atoms with E-state index in [0.717, 1.165) is 46.6 Å². The minimum absolute atomic E-state index is 0.0750. The standard InChI is InChI=1S/C74H76N4O/c1-48(2)39-49-40-61(51-29-27-50(28-30-51)52-19-17-20-54(42-52)71(3,4)5)70(62(41-49)53-31-34-63-64(43-53)74(11,12)37-36-73(63,9)10)77-47-76(66-25-15-16-26-67(66)77)56-21-18-22-57(45-56)79-58-32-33-60-59-23-13-14-24-65(59)78(68(60)46-58)69-44-55(35-38-75-69)72(6,7)8/h13-35,38,40-46,48H,36-37,39,47H2,1-12H3/i13D,14D,23D,24D,27D,28D,29D,30D,39D2. The van der Waals surface area contributed by atoms with Gasteiger partial charge in [0, 0.05) is 48.7 Å². The van der Waals surface area contributed by atoms with Gasteiger partial charge in [-0.15, -0.1) is 0 Å². The minimum Gasteiger partial charge on any atom is -0.457 e. The van der Waals surface area contributed by atoms with E-state index in [1.54, 1.807) is 16.8 Å². The molecule has 0 unspecified atom stereocenters. The van der Waals surface area contributed by atoms with Crippen molar-refractivity contribution in [2.45, 2.75) is 124 Å². The number of nitrogens with zero attached hydrogens (tertiary/aromatic N) is 4. The van der Waals surface area contributed by atoms with Crippen LogP contribution < -0.4 is 14.5 Å². The van der Waals surface area contributed by atoms with Crippen molar-refractivity contribution >= 4 is 44.6 Å². The summed E-state index contributed by atoms with van der Waals surface area (Å²) in [5.41, 5.74) is 10.8. The molecule has 2 aliphatic rings. The van der Waals surface area contributed by atoms with Gasteiger partial charge in [-0.25, -0.2) is 4.98 Å². The van der Waals surface area contributed by atoms with Crippen molar-refractivity contribution in [3.05, 3.63) is 216 Å². The third kappa shape index (κ3) is 9.70. The molecule has 0 radical (unpaired) electrons. The highest BCUT2D eigenvalue weighted by atomic mass is 16.5. The summed E-state index contributed by atoms with van der Waals surface area (Å²) >= 11 is 0. The van der Waals surface area contributed by atoms with Crippen LogP contribution in [0.25, 0.3) is 61.0 Å². The van der Waals surface area contributed by atoms with Crippen molar-refractivity contribution in [3.8, 4) is 50.7 Å². The van der Waals surface area contributed by atoms with Gasteiger partial charge in [-0.2, -0.15) is 0 Å². The molecular weight excluding hydrogens is 961 g/mol. The first-order valence-electron chi connectivity index (χ1n) is 32.8. The molecule has 8 aromatic carbocycles. The maximum absolute atomic E-state index is 10.1. The predicted octanol–water partition coefficient (Wildman–Crippen LogP) is 20.4. The van der Waals surface area contributed by atoms with Crippen LogP contribution in [-0.4, -0.2) is 16.2 Å². The average molecular weight is 1050 g/mol. The molecule has 5 heteroatoms. The van der Waals surface area contributed by atoms with Crippen LogP contribution in [-0.2, 0) is 28.0 Å². The zero-order valence-electron chi connectivity index (χ0n) is 57.7. The topological polar surface area (TPSA) is 33.5 Å². The van der Waals surface area contributed by atoms with Gasteiger partial charge in [0.2, 0.25) is 0 Å². The number of fused-ring (bicyclic) bond motifs is 5. The lowest BCUT2D eigenvalue weighted by Gasteiger charge is -2.42. The Morgan fingerprint density at radius 1 is 0.570 bits per heavy atom. The molecule has 0 N–H and O–H groups in total. The van der Waals surface area contributed by atoms with Crippen LogP contribution in [0.1, 0.15) is 137 Å². The molecule has 5 nitrogen and oxygen atoms in total. The Kier molecular flexibility index (Phi) is 10.2. The van der Waals surface area contributed by atoms with Crippen molar-refractivity contribution in [3.63, 3.8) is 0 Å². The van der Waals surface area contributed by atoms with Gasteiger partial charge in [-0.3, -0.25) is 4.57 Å². The number of benzene rings is 8. The minimum atomic E-state index is -1.89. The summed E-state index contributed by atoms with van der Waals surface area (Å²) in [7, 11) is 0. The van der Waals surface area contributed by atoms with Crippen LogP contribution in [0.3, 0.4) is 0 Å². The fourth-order valence-corrected chi connectivity index (χ4v) is 11.7. The fourth-order valence-electron chi connectivity index (χ4n) is 11.7. The van der Waals surface area contributed by atoms with Crippen LogP contribution in [0.4, 0.5) is 22.7 Å². The van der Waals surface area contributed by atoms with Gasteiger partial charge in [0.25, 0.3) is 0 Å². The highest BCUT2D eigenvalue weighted by Crippen LogP contribution is 2.53. The molecule has 398 valence electrons. The molecule has 0 atom stereocenters. The number of aromatic nitrogens is 2. The molecular formula is C74H76N4O. The number of anilines is 4. The van der Waals surface area contributed by atoms with E-state index in [4.69, 9.17) is 13.8 Å². The van der Waals surface area contributed by atoms with E-state index in [1.165, 1.54) is 11.1 Å².